The molecule has 3 rings (SSSR count). The molecule has 0 saturated carbocycles. The first-order chi connectivity index (χ1) is 9.69. The number of aryl methyl sites for hydroxylation is 2. The van der Waals surface area contributed by atoms with Crippen LogP contribution < -0.4 is 4.74 Å². The van der Waals surface area contributed by atoms with E-state index in [-0.39, 0.29) is 0 Å². The van der Waals surface area contributed by atoms with E-state index in [1.54, 1.807) is 19.2 Å². The quantitative estimate of drug-likeness (QED) is 0.927. The van der Waals surface area contributed by atoms with Gasteiger partial charge in [-0.15, -0.1) is 0 Å². The molecule has 2 aromatic rings. The molecule has 3 heteroatoms. The molecule has 0 saturated heterocycles. The molecular weight excluding hydrogens is 272 g/mol. The lowest BCUT2D eigenvalue weighted by Gasteiger charge is -2.16. The van der Waals surface area contributed by atoms with Gasteiger partial charge in [-0.3, -0.25) is 0 Å². The smallest absolute Gasteiger partial charge is 0.126 e. The van der Waals surface area contributed by atoms with Gasteiger partial charge in [0.05, 0.1) is 7.11 Å². The van der Waals surface area contributed by atoms with Gasteiger partial charge in [0, 0.05) is 10.6 Å². The lowest BCUT2D eigenvalue weighted by atomic mass is 9.97. The van der Waals surface area contributed by atoms with E-state index in [9.17, 15) is 5.11 Å². The van der Waals surface area contributed by atoms with Gasteiger partial charge in [0.1, 0.15) is 11.9 Å². The minimum absolute atomic E-state index is 0.603. The molecule has 1 unspecified atom stereocenters. The number of aliphatic hydroxyl groups is 1. The summed E-state index contributed by atoms with van der Waals surface area (Å²) in [6, 6.07) is 11.6. The highest BCUT2D eigenvalue weighted by Crippen LogP contribution is 2.34. The van der Waals surface area contributed by atoms with Crippen molar-refractivity contribution < 1.29 is 9.84 Å². The fourth-order valence-electron chi connectivity index (χ4n) is 2.85. The Hall–Kier alpha value is -1.51. The number of aliphatic hydroxyl groups excluding tert-OH is 1. The zero-order chi connectivity index (χ0) is 14.1. The third kappa shape index (κ3) is 2.41. The highest BCUT2D eigenvalue weighted by Gasteiger charge is 2.18. The molecule has 1 N–H and O–H groups in total. The fraction of sp³-hybridized carbons (Fsp3) is 0.294. The molecule has 104 valence electrons. The van der Waals surface area contributed by atoms with Gasteiger partial charge < -0.3 is 9.84 Å². The van der Waals surface area contributed by atoms with Gasteiger partial charge >= 0.3 is 0 Å². The maximum Gasteiger partial charge on any atom is 0.126 e. The second-order valence-corrected chi connectivity index (χ2v) is 5.61. The van der Waals surface area contributed by atoms with Gasteiger partial charge in [0.25, 0.3) is 0 Å². The molecule has 0 bridgehead atoms. The summed E-state index contributed by atoms with van der Waals surface area (Å²) in [5.74, 6) is 0.616. The van der Waals surface area contributed by atoms with Crippen molar-refractivity contribution in [2.75, 3.05) is 7.11 Å². The van der Waals surface area contributed by atoms with Gasteiger partial charge in [0.2, 0.25) is 0 Å². The standard InChI is InChI=1S/C17H17ClO2/c1-20-16-10-14(18)7-8-15(16)17(19)13-6-5-11-3-2-4-12(11)9-13/h5-10,17,19H,2-4H2,1H3. The number of halogens is 1. The Labute approximate surface area is 124 Å². The Bertz CT molecular complexity index is 637. The van der Waals surface area contributed by atoms with E-state index in [4.69, 9.17) is 16.3 Å². The van der Waals surface area contributed by atoms with Crippen LogP contribution >= 0.6 is 11.6 Å². The van der Waals surface area contributed by atoms with Crippen LogP contribution in [0.15, 0.2) is 36.4 Å². The highest BCUT2D eigenvalue weighted by molar-refractivity contribution is 6.30. The molecular formula is C17H17ClO2. The molecule has 0 aliphatic heterocycles. The average Bonchev–Trinajstić information content (AvgIpc) is 2.93. The Morgan fingerprint density at radius 1 is 1.10 bits per heavy atom. The van der Waals surface area contributed by atoms with Gasteiger partial charge in [-0.05, 0) is 48.1 Å². The van der Waals surface area contributed by atoms with E-state index in [1.807, 2.05) is 12.1 Å². The zero-order valence-electron chi connectivity index (χ0n) is 11.4. The summed E-state index contributed by atoms with van der Waals surface area (Å²) in [7, 11) is 1.59. The lowest BCUT2D eigenvalue weighted by molar-refractivity contribution is 0.214. The Morgan fingerprint density at radius 2 is 1.90 bits per heavy atom. The molecule has 0 amide bonds. The molecule has 1 aliphatic rings. The molecule has 2 aromatic carbocycles. The summed E-state index contributed by atoms with van der Waals surface area (Å²) in [5.41, 5.74) is 4.42. The van der Waals surface area contributed by atoms with Crippen molar-refractivity contribution in [3.05, 3.63) is 63.7 Å². The second-order valence-electron chi connectivity index (χ2n) is 5.17. The molecule has 0 fully saturated rings. The van der Waals surface area contributed by atoms with E-state index in [0.29, 0.717) is 10.8 Å². The second kappa shape index (κ2) is 5.47. The predicted octanol–water partition coefficient (Wildman–Crippen LogP) is 3.92. The van der Waals surface area contributed by atoms with Crippen LogP contribution in [0.5, 0.6) is 5.75 Å². The van der Waals surface area contributed by atoms with Gasteiger partial charge in [-0.25, -0.2) is 0 Å². The number of hydrogen-bond acceptors (Lipinski definition) is 2. The SMILES string of the molecule is COc1cc(Cl)ccc1C(O)c1ccc2c(c1)CCC2. The van der Waals surface area contributed by atoms with Crippen LogP contribution in [0.1, 0.15) is 34.8 Å². The van der Waals surface area contributed by atoms with Gasteiger partial charge in [-0.1, -0.05) is 35.9 Å². The molecule has 0 radical (unpaired) electrons. The summed E-state index contributed by atoms with van der Waals surface area (Å²) in [6.07, 6.45) is 2.77. The summed E-state index contributed by atoms with van der Waals surface area (Å²) in [4.78, 5) is 0. The van der Waals surface area contributed by atoms with Gasteiger partial charge in [-0.2, -0.15) is 0 Å². The minimum atomic E-state index is -0.687. The Morgan fingerprint density at radius 3 is 2.70 bits per heavy atom. The van der Waals surface area contributed by atoms with Crippen molar-refractivity contribution >= 4 is 11.6 Å². The first-order valence-corrected chi connectivity index (χ1v) is 7.20. The number of rotatable bonds is 3. The third-order valence-electron chi connectivity index (χ3n) is 3.93. The molecule has 1 aliphatic carbocycles. The first kappa shape index (κ1) is 13.5. The van der Waals surface area contributed by atoms with E-state index >= 15 is 0 Å². The number of ether oxygens (including phenoxy) is 1. The van der Waals surface area contributed by atoms with E-state index in [2.05, 4.69) is 12.1 Å². The summed E-state index contributed by atoms with van der Waals surface area (Å²) < 4.78 is 5.32. The van der Waals surface area contributed by atoms with Crippen molar-refractivity contribution in [3.8, 4) is 5.75 Å². The third-order valence-corrected chi connectivity index (χ3v) is 4.16. The number of benzene rings is 2. The monoisotopic (exact) mass is 288 g/mol. The zero-order valence-corrected chi connectivity index (χ0v) is 12.2. The first-order valence-electron chi connectivity index (χ1n) is 6.82. The highest BCUT2D eigenvalue weighted by atomic mass is 35.5. The molecule has 2 nitrogen and oxygen atoms in total. The minimum Gasteiger partial charge on any atom is -0.496 e. The predicted molar refractivity (Wildman–Crippen MR) is 80.5 cm³/mol. The maximum atomic E-state index is 10.6. The van der Waals surface area contributed by atoms with Crippen molar-refractivity contribution in [3.63, 3.8) is 0 Å². The molecule has 0 spiro atoms. The van der Waals surface area contributed by atoms with Crippen molar-refractivity contribution in [1.29, 1.82) is 0 Å². The normalized spacial score (nSPS) is 14.9. The van der Waals surface area contributed by atoms with Crippen LogP contribution in [0.2, 0.25) is 5.02 Å². The Kier molecular flexibility index (Phi) is 3.68. The molecule has 1 atom stereocenters. The van der Waals surface area contributed by atoms with Crippen molar-refractivity contribution in [2.45, 2.75) is 25.4 Å². The van der Waals surface area contributed by atoms with Crippen LogP contribution in [0.4, 0.5) is 0 Å². The van der Waals surface area contributed by atoms with Crippen LogP contribution in [-0.4, -0.2) is 12.2 Å². The largest absolute Gasteiger partial charge is 0.496 e. The van der Waals surface area contributed by atoms with Gasteiger partial charge in [0.15, 0.2) is 0 Å². The van der Waals surface area contributed by atoms with E-state index in [1.165, 1.54) is 17.5 Å². The summed E-state index contributed by atoms with van der Waals surface area (Å²) >= 11 is 5.96. The molecule has 20 heavy (non-hydrogen) atoms. The Balaban J connectivity index is 1.98. The molecule has 0 heterocycles. The van der Waals surface area contributed by atoms with Crippen molar-refractivity contribution in [1.82, 2.24) is 0 Å². The lowest BCUT2D eigenvalue weighted by Crippen LogP contribution is -2.03. The summed E-state index contributed by atoms with van der Waals surface area (Å²) in [5, 5.41) is 11.2. The van der Waals surface area contributed by atoms with E-state index < -0.39 is 6.10 Å². The van der Waals surface area contributed by atoms with Crippen LogP contribution in [0, 0.1) is 0 Å². The summed E-state index contributed by atoms with van der Waals surface area (Å²) in [6.45, 7) is 0. The number of fused-ring (bicyclic) bond motifs is 1. The maximum absolute atomic E-state index is 10.6. The number of hydrogen-bond donors (Lipinski definition) is 1. The van der Waals surface area contributed by atoms with Crippen molar-refractivity contribution in [2.24, 2.45) is 0 Å². The fourth-order valence-corrected chi connectivity index (χ4v) is 3.01. The molecule has 0 aromatic heterocycles. The van der Waals surface area contributed by atoms with Crippen LogP contribution in [-0.2, 0) is 12.8 Å². The topological polar surface area (TPSA) is 29.5 Å². The van der Waals surface area contributed by atoms with E-state index in [0.717, 1.165) is 24.0 Å². The van der Waals surface area contributed by atoms with Crippen LogP contribution in [0.25, 0.3) is 0 Å². The average molecular weight is 289 g/mol. The van der Waals surface area contributed by atoms with Crippen LogP contribution in [0.3, 0.4) is 0 Å². The number of methoxy groups -OCH3 is 1.